The third kappa shape index (κ3) is 5.06. The molecule has 15 nitrogen and oxygen atoms in total. The number of rotatable bonds is 6. The first-order chi connectivity index (χ1) is 16.3. The van der Waals surface area contributed by atoms with Gasteiger partial charge in [-0.3, -0.25) is 4.79 Å². The molecule has 0 aromatic carbocycles. The third-order valence-corrected chi connectivity index (χ3v) is 6.80. The lowest BCUT2D eigenvalue weighted by Gasteiger charge is -2.58. The standard InChI is InChI=1S/C20H35NO14/c1-7-13(26)15(28)16(29)18(33-7)20(31)17(11(5-23)32-6-19(20,30)21-8(2)24)35-12-3-9(25)14(27)10(4-22)34-12/h7,9-18,22-23,25-31H,3-6H2,1-2H3,(H,21,24)/t7-,9-,10-,11-,12+,13+,14-,15+,16-,17-,18?,19+,20-/m1/s1. The second-order valence-corrected chi connectivity index (χ2v) is 9.27. The van der Waals surface area contributed by atoms with Gasteiger partial charge in [-0.15, -0.1) is 0 Å². The predicted molar refractivity (Wildman–Crippen MR) is 110 cm³/mol. The van der Waals surface area contributed by atoms with Crippen molar-refractivity contribution in [2.24, 2.45) is 0 Å². The Morgan fingerprint density at radius 1 is 0.971 bits per heavy atom. The highest BCUT2D eigenvalue weighted by molar-refractivity contribution is 5.74. The lowest BCUT2D eigenvalue weighted by Crippen LogP contribution is -2.84. The fourth-order valence-corrected chi connectivity index (χ4v) is 4.85. The summed E-state index contributed by atoms with van der Waals surface area (Å²) in [6.45, 7) is 0.0580. The van der Waals surface area contributed by atoms with Crippen molar-refractivity contribution in [1.82, 2.24) is 5.32 Å². The van der Waals surface area contributed by atoms with Gasteiger partial charge in [-0.05, 0) is 6.92 Å². The maximum absolute atomic E-state index is 12.0. The molecule has 13 atom stereocenters. The summed E-state index contributed by atoms with van der Waals surface area (Å²) in [6, 6.07) is 0. The molecule has 35 heavy (non-hydrogen) atoms. The van der Waals surface area contributed by atoms with E-state index in [9.17, 15) is 50.8 Å². The summed E-state index contributed by atoms with van der Waals surface area (Å²) in [7, 11) is 0. The van der Waals surface area contributed by atoms with Crippen LogP contribution in [0.2, 0.25) is 0 Å². The topological polar surface area (TPSA) is 248 Å². The predicted octanol–water partition coefficient (Wildman–Crippen LogP) is -5.98. The van der Waals surface area contributed by atoms with Crippen LogP contribution in [-0.2, 0) is 23.7 Å². The average molecular weight is 513 g/mol. The molecule has 3 saturated heterocycles. The molecule has 3 aliphatic rings. The highest BCUT2D eigenvalue weighted by atomic mass is 16.7. The lowest BCUT2D eigenvalue weighted by atomic mass is 9.71. The molecule has 3 heterocycles. The number of aliphatic hydroxyl groups excluding tert-OH is 7. The highest BCUT2D eigenvalue weighted by Crippen LogP contribution is 2.43. The summed E-state index contributed by atoms with van der Waals surface area (Å²) in [6.07, 6.45) is -17.7. The summed E-state index contributed by atoms with van der Waals surface area (Å²) in [5.74, 6) is -0.831. The van der Waals surface area contributed by atoms with Gasteiger partial charge in [0.15, 0.2) is 17.6 Å². The number of aliphatic hydroxyl groups is 9. The van der Waals surface area contributed by atoms with Gasteiger partial charge in [0.05, 0.1) is 32.0 Å². The largest absolute Gasteiger partial charge is 0.394 e. The molecular formula is C20H35NO14. The summed E-state index contributed by atoms with van der Waals surface area (Å²) in [4.78, 5) is 11.9. The lowest BCUT2D eigenvalue weighted by molar-refractivity contribution is -0.387. The number of nitrogens with one attached hydrogen (secondary N) is 1. The third-order valence-electron chi connectivity index (χ3n) is 6.80. The molecule has 10 N–H and O–H groups in total. The molecule has 3 rings (SSSR count). The Balaban J connectivity index is 2.05. The first-order valence-corrected chi connectivity index (χ1v) is 11.2. The van der Waals surface area contributed by atoms with Gasteiger partial charge in [0, 0.05) is 13.3 Å². The number of hydrogen-bond acceptors (Lipinski definition) is 14. The zero-order valence-electron chi connectivity index (χ0n) is 19.2. The quantitative estimate of drug-likeness (QED) is 0.149. The molecule has 3 fully saturated rings. The van der Waals surface area contributed by atoms with Crippen molar-refractivity contribution in [3.63, 3.8) is 0 Å². The molecular weight excluding hydrogens is 478 g/mol. The van der Waals surface area contributed by atoms with Crippen molar-refractivity contribution >= 4 is 5.91 Å². The number of carbonyl (C=O) groups excluding carboxylic acids is 1. The minimum atomic E-state index is -2.85. The Morgan fingerprint density at radius 3 is 2.17 bits per heavy atom. The van der Waals surface area contributed by atoms with E-state index < -0.39 is 104 Å². The number of hydrogen-bond donors (Lipinski definition) is 10. The molecule has 0 bridgehead atoms. The van der Waals surface area contributed by atoms with E-state index in [1.807, 2.05) is 0 Å². The van der Waals surface area contributed by atoms with Crippen LogP contribution in [0.25, 0.3) is 0 Å². The molecule has 15 heteroatoms. The molecule has 0 aromatic heterocycles. The van der Waals surface area contributed by atoms with Crippen molar-refractivity contribution in [3.05, 3.63) is 0 Å². The maximum Gasteiger partial charge on any atom is 0.219 e. The fraction of sp³-hybridized carbons (Fsp3) is 0.950. The van der Waals surface area contributed by atoms with E-state index in [-0.39, 0.29) is 6.42 Å². The monoisotopic (exact) mass is 513 g/mol. The molecule has 0 saturated carbocycles. The van der Waals surface area contributed by atoms with Crippen LogP contribution in [0.3, 0.4) is 0 Å². The van der Waals surface area contributed by atoms with Gasteiger partial charge in [-0.2, -0.15) is 0 Å². The Bertz CT molecular complexity index is 745. The van der Waals surface area contributed by atoms with E-state index in [0.717, 1.165) is 6.92 Å². The minimum absolute atomic E-state index is 0.368. The Morgan fingerprint density at radius 2 is 1.60 bits per heavy atom. The Labute approximate surface area is 200 Å². The second-order valence-electron chi connectivity index (χ2n) is 9.27. The molecule has 1 amide bonds. The van der Waals surface area contributed by atoms with E-state index in [2.05, 4.69) is 5.32 Å². The molecule has 1 unspecified atom stereocenters. The van der Waals surface area contributed by atoms with Crippen LogP contribution in [0.15, 0.2) is 0 Å². The highest BCUT2D eigenvalue weighted by Gasteiger charge is 2.69. The van der Waals surface area contributed by atoms with Gasteiger partial charge in [0.2, 0.25) is 5.91 Å². The first-order valence-electron chi connectivity index (χ1n) is 11.2. The zero-order valence-corrected chi connectivity index (χ0v) is 19.2. The van der Waals surface area contributed by atoms with Crippen molar-refractivity contribution in [3.8, 4) is 0 Å². The number of carbonyl (C=O) groups is 1. The van der Waals surface area contributed by atoms with Crippen LogP contribution in [0.4, 0.5) is 0 Å². The maximum atomic E-state index is 12.0. The number of amides is 1. The summed E-state index contributed by atoms with van der Waals surface area (Å²) in [5, 5.41) is 96.2. The van der Waals surface area contributed by atoms with Crippen LogP contribution in [-0.4, -0.2) is 150 Å². The Hall–Kier alpha value is -1.05. The van der Waals surface area contributed by atoms with Crippen LogP contribution in [0.5, 0.6) is 0 Å². The molecule has 3 aliphatic heterocycles. The molecule has 0 spiro atoms. The van der Waals surface area contributed by atoms with Crippen LogP contribution in [0.1, 0.15) is 20.3 Å². The molecule has 0 aromatic rings. The molecule has 204 valence electrons. The molecule has 0 aliphatic carbocycles. The second kappa shape index (κ2) is 10.7. The zero-order chi connectivity index (χ0) is 26.3. The Kier molecular flexibility index (Phi) is 8.76. The summed E-state index contributed by atoms with van der Waals surface area (Å²) in [5.41, 5.74) is -5.57. The van der Waals surface area contributed by atoms with Crippen LogP contribution in [0, 0.1) is 0 Å². The summed E-state index contributed by atoms with van der Waals surface area (Å²) < 4.78 is 22.2. The fourth-order valence-electron chi connectivity index (χ4n) is 4.85. The summed E-state index contributed by atoms with van der Waals surface area (Å²) >= 11 is 0. The van der Waals surface area contributed by atoms with Crippen molar-refractivity contribution in [2.75, 3.05) is 19.8 Å². The van der Waals surface area contributed by atoms with Crippen molar-refractivity contribution < 1.29 is 69.7 Å². The SMILES string of the molecule is CC(=O)N[C@]1(O)CO[C@H](CO)[C@@H](O[C@H]2C[C@@H](O)[C@@H](O)[C@@H](CO)O2)[C@@]1(O)C1O[C@H](C)[C@H](O)[C@H](O)[C@H]1O. The first kappa shape index (κ1) is 28.5. The van der Waals surface area contributed by atoms with Gasteiger partial charge >= 0.3 is 0 Å². The normalized spacial score (nSPS) is 51.1. The van der Waals surface area contributed by atoms with E-state index in [1.54, 1.807) is 0 Å². The van der Waals surface area contributed by atoms with Crippen molar-refractivity contribution in [2.45, 2.75) is 98.9 Å². The van der Waals surface area contributed by atoms with Gasteiger partial charge in [0.25, 0.3) is 0 Å². The smallest absolute Gasteiger partial charge is 0.219 e. The van der Waals surface area contributed by atoms with E-state index in [1.165, 1.54) is 6.92 Å². The van der Waals surface area contributed by atoms with E-state index >= 15 is 0 Å². The van der Waals surface area contributed by atoms with E-state index in [0.29, 0.717) is 0 Å². The average Bonchev–Trinajstić information content (AvgIpc) is 2.79. The number of ether oxygens (including phenoxy) is 4. The van der Waals surface area contributed by atoms with Crippen LogP contribution < -0.4 is 5.32 Å². The van der Waals surface area contributed by atoms with Gasteiger partial charge in [-0.1, -0.05) is 0 Å². The van der Waals surface area contributed by atoms with Gasteiger partial charge in [-0.25, -0.2) is 0 Å². The minimum Gasteiger partial charge on any atom is -0.394 e. The van der Waals surface area contributed by atoms with Gasteiger partial charge in [0.1, 0.15) is 48.8 Å². The van der Waals surface area contributed by atoms with Gasteiger partial charge < -0.3 is 70.2 Å². The van der Waals surface area contributed by atoms with E-state index in [4.69, 9.17) is 18.9 Å². The van der Waals surface area contributed by atoms with Crippen LogP contribution >= 0.6 is 0 Å². The molecule has 0 radical (unpaired) electrons. The van der Waals surface area contributed by atoms with Crippen molar-refractivity contribution in [1.29, 1.82) is 0 Å².